The van der Waals surface area contributed by atoms with Crippen LogP contribution < -0.4 is 11.1 Å². The molecule has 116 valence electrons. The number of amides is 1. The van der Waals surface area contributed by atoms with Crippen LogP contribution in [0.2, 0.25) is 10.0 Å². The minimum Gasteiger partial charge on any atom is -0.366 e. The van der Waals surface area contributed by atoms with Gasteiger partial charge in [0.2, 0.25) is 11.0 Å². The molecule has 3 N–H and O–H groups in total. The first-order chi connectivity index (χ1) is 11.0. The van der Waals surface area contributed by atoms with E-state index in [0.717, 1.165) is 11.3 Å². The van der Waals surface area contributed by atoms with Crippen molar-refractivity contribution in [2.45, 2.75) is 0 Å². The Morgan fingerprint density at radius 2 is 1.91 bits per heavy atom. The van der Waals surface area contributed by atoms with Crippen molar-refractivity contribution < 1.29 is 4.79 Å². The van der Waals surface area contributed by atoms with E-state index < -0.39 is 5.91 Å². The maximum atomic E-state index is 11.2. The topological polar surface area (TPSA) is 80.9 Å². The van der Waals surface area contributed by atoms with Gasteiger partial charge in [-0.3, -0.25) is 4.79 Å². The van der Waals surface area contributed by atoms with E-state index in [4.69, 9.17) is 28.9 Å². The van der Waals surface area contributed by atoms with Gasteiger partial charge in [0.1, 0.15) is 5.01 Å². The van der Waals surface area contributed by atoms with Crippen LogP contribution in [0.3, 0.4) is 0 Å². The lowest BCUT2D eigenvalue weighted by Gasteiger charge is -2.03. The third-order valence-electron chi connectivity index (χ3n) is 2.99. The Morgan fingerprint density at radius 3 is 2.65 bits per heavy atom. The number of carbonyl (C=O) groups is 1. The van der Waals surface area contributed by atoms with Crippen molar-refractivity contribution in [2.75, 3.05) is 5.32 Å². The molecule has 0 bridgehead atoms. The third-order valence-corrected chi connectivity index (χ3v) is 4.62. The monoisotopic (exact) mass is 364 g/mol. The molecule has 0 radical (unpaired) electrons. The molecule has 5 nitrogen and oxygen atoms in total. The summed E-state index contributed by atoms with van der Waals surface area (Å²) in [4.78, 5) is 11.2. The molecule has 1 heterocycles. The summed E-state index contributed by atoms with van der Waals surface area (Å²) in [5.74, 6) is -0.481. The summed E-state index contributed by atoms with van der Waals surface area (Å²) in [6.07, 6.45) is 0. The predicted molar refractivity (Wildman–Crippen MR) is 93.6 cm³/mol. The van der Waals surface area contributed by atoms with Crippen molar-refractivity contribution in [1.82, 2.24) is 10.2 Å². The number of primary amides is 1. The highest BCUT2D eigenvalue weighted by molar-refractivity contribution is 7.18. The number of nitrogens with one attached hydrogen (secondary N) is 1. The number of carbonyl (C=O) groups excluding carboxylic acids is 1. The van der Waals surface area contributed by atoms with Gasteiger partial charge < -0.3 is 11.1 Å². The highest BCUT2D eigenvalue weighted by atomic mass is 35.5. The molecule has 0 aliphatic heterocycles. The van der Waals surface area contributed by atoms with Crippen molar-refractivity contribution in [3.05, 3.63) is 58.1 Å². The number of nitrogens with zero attached hydrogens (tertiary/aromatic N) is 2. The molecule has 0 spiro atoms. The number of aromatic nitrogens is 2. The van der Waals surface area contributed by atoms with Gasteiger partial charge in [-0.2, -0.15) is 0 Å². The molecule has 0 fully saturated rings. The van der Waals surface area contributed by atoms with Gasteiger partial charge >= 0.3 is 0 Å². The first-order valence-electron chi connectivity index (χ1n) is 6.49. The number of rotatable bonds is 4. The van der Waals surface area contributed by atoms with Gasteiger partial charge in [-0.15, -0.1) is 10.2 Å². The van der Waals surface area contributed by atoms with Gasteiger partial charge in [0.25, 0.3) is 0 Å². The Balaban J connectivity index is 1.84. The van der Waals surface area contributed by atoms with E-state index in [-0.39, 0.29) is 0 Å². The van der Waals surface area contributed by atoms with E-state index in [1.54, 1.807) is 36.4 Å². The van der Waals surface area contributed by atoms with E-state index in [0.29, 0.717) is 25.7 Å². The Bertz CT molecular complexity index is 881. The molecule has 0 aliphatic carbocycles. The number of halogens is 2. The number of hydrogen-bond donors (Lipinski definition) is 2. The van der Waals surface area contributed by atoms with Gasteiger partial charge in [-0.1, -0.05) is 46.7 Å². The maximum absolute atomic E-state index is 11.2. The van der Waals surface area contributed by atoms with E-state index in [2.05, 4.69) is 15.5 Å². The van der Waals surface area contributed by atoms with Crippen molar-refractivity contribution in [2.24, 2.45) is 5.73 Å². The lowest BCUT2D eigenvalue weighted by atomic mass is 10.1. The molecular formula is C15H10Cl2N4OS. The summed E-state index contributed by atoms with van der Waals surface area (Å²) >= 11 is 13.2. The summed E-state index contributed by atoms with van der Waals surface area (Å²) in [6.45, 7) is 0. The van der Waals surface area contributed by atoms with Crippen LogP contribution in [-0.2, 0) is 0 Å². The van der Waals surface area contributed by atoms with Crippen molar-refractivity contribution >= 4 is 51.3 Å². The first-order valence-corrected chi connectivity index (χ1v) is 8.06. The van der Waals surface area contributed by atoms with Crippen LogP contribution >= 0.6 is 34.5 Å². The molecular weight excluding hydrogens is 355 g/mol. The highest BCUT2D eigenvalue weighted by Crippen LogP contribution is 2.31. The van der Waals surface area contributed by atoms with Crippen molar-refractivity contribution in [1.29, 1.82) is 0 Å². The van der Waals surface area contributed by atoms with E-state index in [1.165, 1.54) is 11.3 Å². The summed E-state index contributed by atoms with van der Waals surface area (Å²) in [5, 5.41) is 13.5. The minimum atomic E-state index is -0.481. The van der Waals surface area contributed by atoms with Crippen molar-refractivity contribution in [3.8, 4) is 10.6 Å². The van der Waals surface area contributed by atoms with Gasteiger partial charge in [0.15, 0.2) is 0 Å². The summed E-state index contributed by atoms with van der Waals surface area (Å²) < 4.78 is 0. The Kier molecular flexibility index (Phi) is 4.47. The Hall–Kier alpha value is -2.15. The fraction of sp³-hybridized carbons (Fsp3) is 0. The zero-order valence-corrected chi connectivity index (χ0v) is 13.9. The quantitative estimate of drug-likeness (QED) is 0.720. The lowest BCUT2D eigenvalue weighted by Crippen LogP contribution is -2.10. The fourth-order valence-electron chi connectivity index (χ4n) is 1.89. The molecule has 0 saturated heterocycles. The standard InChI is InChI=1S/C15H10Cl2N4OS/c16-11-5-4-10(7-12(11)17)19-15-21-20-14(23-15)9-3-1-2-8(6-9)13(18)22/h1-7H,(H2,18,22)(H,19,21). The van der Waals surface area contributed by atoms with Gasteiger partial charge in [0.05, 0.1) is 10.0 Å². The number of nitrogens with two attached hydrogens (primary N) is 1. The van der Waals surface area contributed by atoms with Crippen molar-refractivity contribution in [3.63, 3.8) is 0 Å². The average molecular weight is 365 g/mol. The van der Waals surface area contributed by atoms with Crippen LogP contribution in [0.5, 0.6) is 0 Å². The zero-order valence-electron chi connectivity index (χ0n) is 11.6. The van der Waals surface area contributed by atoms with E-state index in [9.17, 15) is 4.79 Å². The summed E-state index contributed by atoms with van der Waals surface area (Å²) in [5.41, 5.74) is 7.25. The predicted octanol–water partition coefficient (Wildman–Crippen LogP) is 4.35. The molecule has 3 aromatic rings. The molecule has 1 aromatic heterocycles. The van der Waals surface area contributed by atoms with E-state index in [1.807, 2.05) is 6.07 Å². The Labute approximate surface area is 146 Å². The Morgan fingerprint density at radius 1 is 1.09 bits per heavy atom. The van der Waals surface area contributed by atoms with Gasteiger partial charge in [-0.05, 0) is 30.3 Å². The molecule has 0 aliphatic rings. The van der Waals surface area contributed by atoms with E-state index >= 15 is 0 Å². The van der Waals surface area contributed by atoms with Gasteiger partial charge in [-0.25, -0.2) is 0 Å². The molecule has 2 aromatic carbocycles. The second-order valence-electron chi connectivity index (χ2n) is 4.61. The second-order valence-corrected chi connectivity index (χ2v) is 6.40. The smallest absolute Gasteiger partial charge is 0.248 e. The molecule has 8 heteroatoms. The molecule has 3 rings (SSSR count). The lowest BCUT2D eigenvalue weighted by molar-refractivity contribution is 0.100. The van der Waals surface area contributed by atoms with Crippen LogP contribution in [0.4, 0.5) is 10.8 Å². The number of hydrogen-bond acceptors (Lipinski definition) is 5. The molecule has 23 heavy (non-hydrogen) atoms. The van der Waals surface area contributed by atoms with Crippen LogP contribution in [0.1, 0.15) is 10.4 Å². The summed E-state index contributed by atoms with van der Waals surface area (Å²) in [6, 6.07) is 12.1. The van der Waals surface area contributed by atoms with Crippen LogP contribution in [0.15, 0.2) is 42.5 Å². The normalized spacial score (nSPS) is 10.5. The molecule has 0 saturated carbocycles. The number of benzene rings is 2. The SMILES string of the molecule is NC(=O)c1cccc(-c2nnc(Nc3ccc(Cl)c(Cl)c3)s2)c1. The average Bonchev–Trinajstić information content (AvgIpc) is 2.99. The summed E-state index contributed by atoms with van der Waals surface area (Å²) in [7, 11) is 0. The molecule has 0 unspecified atom stereocenters. The minimum absolute atomic E-state index is 0.427. The fourth-order valence-corrected chi connectivity index (χ4v) is 2.95. The third kappa shape index (κ3) is 3.61. The highest BCUT2D eigenvalue weighted by Gasteiger charge is 2.09. The molecule has 1 amide bonds. The largest absolute Gasteiger partial charge is 0.366 e. The molecule has 0 atom stereocenters. The first kappa shape index (κ1) is 15.7. The number of anilines is 2. The van der Waals surface area contributed by atoms with Gasteiger partial charge in [0, 0.05) is 16.8 Å². The van der Waals surface area contributed by atoms with Crippen LogP contribution in [0.25, 0.3) is 10.6 Å². The maximum Gasteiger partial charge on any atom is 0.248 e. The second kappa shape index (κ2) is 6.54. The van der Waals surface area contributed by atoms with Crippen LogP contribution in [-0.4, -0.2) is 16.1 Å². The van der Waals surface area contributed by atoms with Crippen LogP contribution in [0, 0.1) is 0 Å². The zero-order chi connectivity index (χ0) is 16.4.